The normalized spacial score (nSPS) is 25.6. The number of ether oxygens (including phenoxy) is 2. The van der Waals surface area contributed by atoms with E-state index in [-0.39, 0.29) is 11.6 Å². The highest BCUT2D eigenvalue weighted by molar-refractivity contribution is 5.96. The molecule has 1 heterocycles. The zero-order valence-electron chi connectivity index (χ0n) is 14.6. The molecule has 0 N–H and O–H groups in total. The fourth-order valence-electron chi connectivity index (χ4n) is 2.79. The molecule has 0 amide bonds. The number of hydrogen-bond donors (Lipinski definition) is 0. The summed E-state index contributed by atoms with van der Waals surface area (Å²) in [6.07, 6.45) is 7.22. The number of methoxy groups -OCH3 is 2. The van der Waals surface area contributed by atoms with Gasteiger partial charge in [-0.2, -0.15) is 0 Å². The quantitative estimate of drug-likeness (QED) is 0.660. The molecular formula is C17H32N2O2. The highest BCUT2D eigenvalue weighted by Crippen LogP contribution is 2.29. The van der Waals surface area contributed by atoms with Crippen molar-refractivity contribution < 1.29 is 9.47 Å². The molecule has 0 spiro atoms. The molecule has 0 radical (unpaired) electrons. The third-order valence-electron chi connectivity index (χ3n) is 4.13. The summed E-state index contributed by atoms with van der Waals surface area (Å²) in [6, 6.07) is -0.0295. The van der Waals surface area contributed by atoms with E-state index in [4.69, 9.17) is 19.5 Å². The molecule has 0 aromatic carbocycles. The molecule has 0 fully saturated rings. The third-order valence-corrected chi connectivity index (χ3v) is 4.13. The predicted molar refractivity (Wildman–Crippen MR) is 89.3 cm³/mol. The van der Waals surface area contributed by atoms with Crippen molar-refractivity contribution in [2.24, 2.45) is 15.9 Å². The highest BCUT2D eigenvalue weighted by Gasteiger charge is 2.39. The summed E-state index contributed by atoms with van der Waals surface area (Å²) in [7, 11) is 3.38. The average molecular weight is 296 g/mol. The lowest BCUT2D eigenvalue weighted by Gasteiger charge is -2.33. The van der Waals surface area contributed by atoms with Gasteiger partial charge >= 0.3 is 0 Å². The van der Waals surface area contributed by atoms with Gasteiger partial charge in [0.15, 0.2) is 0 Å². The molecule has 0 unspecified atom stereocenters. The van der Waals surface area contributed by atoms with Gasteiger partial charge in [0.1, 0.15) is 11.6 Å². The SMILES string of the molecule is CCCCCCC[C@@]1(C)N=C(OC)[C@H](C(C)C)N=C1OC. The third kappa shape index (κ3) is 4.72. The summed E-state index contributed by atoms with van der Waals surface area (Å²) in [6.45, 7) is 8.59. The summed E-state index contributed by atoms with van der Waals surface area (Å²) in [4.78, 5) is 9.60. The molecule has 0 aliphatic carbocycles. The Labute approximate surface area is 130 Å². The Balaban J connectivity index is 2.78. The molecule has 1 aliphatic rings. The monoisotopic (exact) mass is 296 g/mol. The molecule has 0 saturated heterocycles. The fourth-order valence-corrected chi connectivity index (χ4v) is 2.79. The van der Waals surface area contributed by atoms with Crippen LogP contribution < -0.4 is 0 Å². The standard InChI is InChI=1S/C17H32N2O2/c1-7-8-9-10-11-12-17(4)16(21-6)18-14(13(2)3)15(19-17)20-5/h13-14H,7-12H2,1-6H3/t14-,17+/m0/s1. The molecule has 1 rings (SSSR count). The van der Waals surface area contributed by atoms with E-state index in [1.54, 1.807) is 14.2 Å². The lowest BCUT2D eigenvalue weighted by Crippen LogP contribution is -2.44. The molecule has 1 aliphatic heterocycles. The van der Waals surface area contributed by atoms with Crippen LogP contribution in [0.2, 0.25) is 0 Å². The first-order chi connectivity index (χ1) is 9.98. The first-order valence-corrected chi connectivity index (χ1v) is 8.24. The average Bonchev–Trinajstić information content (AvgIpc) is 2.46. The van der Waals surface area contributed by atoms with Gasteiger partial charge < -0.3 is 9.47 Å². The Morgan fingerprint density at radius 2 is 1.76 bits per heavy atom. The lowest BCUT2D eigenvalue weighted by molar-refractivity contribution is 0.302. The summed E-state index contributed by atoms with van der Waals surface area (Å²) in [5, 5.41) is 0. The van der Waals surface area contributed by atoms with E-state index < -0.39 is 0 Å². The van der Waals surface area contributed by atoms with Crippen molar-refractivity contribution in [1.29, 1.82) is 0 Å². The van der Waals surface area contributed by atoms with Crippen molar-refractivity contribution in [2.45, 2.75) is 77.8 Å². The molecule has 4 heteroatoms. The summed E-state index contributed by atoms with van der Waals surface area (Å²) in [5.74, 6) is 1.84. The minimum Gasteiger partial charge on any atom is -0.483 e. The van der Waals surface area contributed by atoms with Crippen molar-refractivity contribution in [3.63, 3.8) is 0 Å². The number of aliphatic imine (C=N–C) groups is 2. The van der Waals surface area contributed by atoms with Crippen molar-refractivity contribution in [3.8, 4) is 0 Å². The van der Waals surface area contributed by atoms with E-state index in [9.17, 15) is 0 Å². The van der Waals surface area contributed by atoms with Crippen molar-refractivity contribution >= 4 is 11.8 Å². The van der Waals surface area contributed by atoms with Crippen molar-refractivity contribution in [2.75, 3.05) is 14.2 Å². The van der Waals surface area contributed by atoms with E-state index in [1.165, 1.54) is 25.7 Å². The van der Waals surface area contributed by atoms with Gasteiger partial charge in [-0.25, -0.2) is 9.98 Å². The van der Waals surface area contributed by atoms with Gasteiger partial charge in [0, 0.05) is 0 Å². The van der Waals surface area contributed by atoms with Crippen LogP contribution >= 0.6 is 0 Å². The van der Waals surface area contributed by atoms with Gasteiger partial charge in [-0.3, -0.25) is 0 Å². The number of nitrogens with zero attached hydrogens (tertiary/aromatic N) is 2. The molecular weight excluding hydrogens is 264 g/mol. The van der Waals surface area contributed by atoms with Gasteiger partial charge in [-0.1, -0.05) is 52.9 Å². The zero-order chi connectivity index (χ0) is 15.9. The van der Waals surface area contributed by atoms with Crippen molar-refractivity contribution in [3.05, 3.63) is 0 Å². The van der Waals surface area contributed by atoms with Crippen LogP contribution in [0.25, 0.3) is 0 Å². The van der Waals surface area contributed by atoms with Crippen LogP contribution in [-0.4, -0.2) is 37.6 Å². The van der Waals surface area contributed by atoms with E-state index in [2.05, 4.69) is 27.7 Å². The molecule has 2 atom stereocenters. The van der Waals surface area contributed by atoms with Crippen LogP contribution in [0.15, 0.2) is 9.98 Å². The van der Waals surface area contributed by atoms with Crippen LogP contribution in [0.1, 0.15) is 66.2 Å². The fraction of sp³-hybridized carbons (Fsp3) is 0.882. The van der Waals surface area contributed by atoms with Crippen molar-refractivity contribution in [1.82, 2.24) is 0 Å². The minimum absolute atomic E-state index is 0.0295. The van der Waals surface area contributed by atoms with E-state index in [0.717, 1.165) is 24.6 Å². The first-order valence-electron chi connectivity index (χ1n) is 8.24. The first kappa shape index (κ1) is 18.0. The maximum atomic E-state index is 5.55. The van der Waals surface area contributed by atoms with Gasteiger partial charge in [-0.15, -0.1) is 0 Å². The Morgan fingerprint density at radius 3 is 2.29 bits per heavy atom. The molecule has 4 nitrogen and oxygen atoms in total. The van der Waals surface area contributed by atoms with Crippen LogP contribution in [-0.2, 0) is 9.47 Å². The summed E-state index contributed by atoms with van der Waals surface area (Å²) in [5.41, 5.74) is -0.377. The van der Waals surface area contributed by atoms with E-state index in [0.29, 0.717) is 5.92 Å². The van der Waals surface area contributed by atoms with Gasteiger partial charge in [-0.05, 0) is 19.3 Å². The molecule has 0 bridgehead atoms. The summed E-state index contributed by atoms with van der Waals surface area (Å²) >= 11 is 0. The predicted octanol–water partition coefficient (Wildman–Crippen LogP) is 4.23. The zero-order valence-corrected chi connectivity index (χ0v) is 14.6. The number of hydrogen-bond acceptors (Lipinski definition) is 4. The molecule has 0 saturated carbocycles. The van der Waals surface area contributed by atoms with Gasteiger partial charge in [0.05, 0.1) is 14.2 Å². The van der Waals surface area contributed by atoms with Gasteiger partial charge in [0.2, 0.25) is 11.8 Å². The number of unbranched alkanes of at least 4 members (excludes halogenated alkanes) is 4. The molecule has 0 aromatic heterocycles. The smallest absolute Gasteiger partial charge is 0.212 e. The largest absolute Gasteiger partial charge is 0.483 e. The maximum Gasteiger partial charge on any atom is 0.212 e. The number of rotatable bonds is 7. The Morgan fingerprint density at radius 1 is 1.10 bits per heavy atom. The second kappa shape index (κ2) is 8.40. The van der Waals surface area contributed by atoms with Crippen LogP contribution in [0.5, 0.6) is 0 Å². The Kier molecular flexibility index (Phi) is 7.20. The van der Waals surface area contributed by atoms with E-state index in [1.807, 2.05) is 0 Å². The second-order valence-corrected chi connectivity index (χ2v) is 6.42. The molecule has 0 aromatic rings. The molecule has 122 valence electrons. The van der Waals surface area contributed by atoms with E-state index >= 15 is 0 Å². The van der Waals surface area contributed by atoms with Gasteiger partial charge in [0.25, 0.3) is 0 Å². The van der Waals surface area contributed by atoms with Crippen LogP contribution in [0.4, 0.5) is 0 Å². The summed E-state index contributed by atoms with van der Waals surface area (Å²) < 4.78 is 11.0. The minimum atomic E-state index is -0.377. The van der Waals surface area contributed by atoms with Crippen LogP contribution in [0, 0.1) is 5.92 Å². The maximum absolute atomic E-state index is 5.55. The lowest BCUT2D eigenvalue weighted by atomic mass is 9.91. The highest BCUT2D eigenvalue weighted by atomic mass is 16.5. The van der Waals surface area contributed by atoms with Crippen LogP contribution in [0.3, 0.4) is 0 Å². The second-order valence-electron chi connectivity index (χ2n) is 6.42. The molecule has 21 heavy (non-hydrogen) atoms. The Bertz CT molecular complexity index is 377. The topological polar surface area (TPSA) is 43.2 Å². The Hall–Kier alpha value is -1.06.